The molecule has 0 bridgehead atoms. The summed E-state index contributed by atoms with van der Waals surface area (Å²) in [6, 6.07) is 5.35. The van der Waals surface area contributed by atoms with Gasteiger partial charge < -0.3 is 9.15 Å². The van der Waals surface area contributed by atoms with Gasteiger partial charge in [0.25, 0.3) is 0 Å². The third-order valence-corrected chi connectivity index (χ3v) is 4.79. The van der Waals surface area contributed by atoms with E-state index in [1.807, 2.05) is 20.0 Å². The van der Waals surface area contributed by atoms with Gasteiger partial charge in [0, 0.05) is 7.05 Å². The lowest BCUT2D eigenvalue weighted by Crippen LogP contribution is -2.16. The van der Waals surface area contributed by atoms with Gasteiger partial charge in [0.2, 0.25) is 0 Å². The molecule has 6 heteroatoms. The van der Waals surface area contributed by atoms with Crippen molar-refractivity contribution in [2.45, 2.75) is 26.2 Å². The van der Waals surface area contributed by atoms with Crippen LogP contribution in [0.25, 0.3) is 22.5 Å². The van der Waals surface area contributed by atoms with Crippen molar-refractivity contribution in [2.75, 3.05) is 6.61 Å². The molecule has 26 heavy (non-hydrogen) atoms. The zero-order chi connectivity index (χ0) is 18.1. The van der Waals surface area contributed by atoms with Crippen LogP contribution in [0.1, 0.15) is 35.3 Å². The number of pyridine rings is 1. The average molecular weight is 351 g/mol. The first kappa shape index (κ1) is 16.6. The van der Waals surface area contributed by atoms with Crippen LogP contribution >= 0.6 is 0 Å². The zero-order valence-corrected chi connectivity index (χ0v) is 14.9. The van der Waals surface area contributed by atoms with Crippen molar-refractivity contribution >= 4 is 17.0 Å². The van der Waals surface area contributed by atoms with Gasteiger partial charge in [-0.15, -0.1) is 0 Å². The fraction of sp³-hybridized carbons (Fsp3) is 0.350. The minimum absolute atomic E-state index is 0.337. The Morgan fingerprint density at radius 3 is 3.04 bits per heavy atom. The molecule has 0 saturated carbocycles. The molecule has 0 aliphatic heterocycles. The fourth-order valence-electron chi connectivity index (χ4n) is 3.44. The first-order valence-corrected chi connectivity index (χ1v) is 8.84. The number of allylic oxidation sites excluding steroid dienone is 2. The average Bonchev–Trinajstić information content (AvgIpc) is 3.29. The minimum atomic E-state index is -0.337. The Hall–Kier alpha value is -2.89. The highest BCUT2D eigenvalue weighted by Crippen LogP contribution is 2.28. The SMILES string of the molecule is Cc1nn(C)c2nc(-c3ccco3)cc(C(=O)OCC3CC=CCC3)c12. The summed E-state index contributed by atoms with van der Waals surface area (Å²) in [6.07, 6.45) is 8.99. The molecule has 134 valence electrons. The third kappa shape index (κ3) is 3.03. The molecule has 0 spiro atoms. The second kappa shape index (κ2) is 6.78. The van der Waals surface area contributed by atoms with Gasteiger partial charge in [0.1, 0.15) is 5.69 Å². The second-order valence-electron chi connectivity index (χ2n) is 6.69. The van der Waals surface area contributed by atoms with Crippen molar-refractivity contribution < 1.29 is 13.9 Å². The molecular weight excluding hydrogens is 330 g/mol. The number of nitrogens with zero attached hydrogens (tertiary/aromatic N) is 3. The highest BCUT2D eigenvalue weighted by Gasteiger charge is 2.22. The monoisotopic (exact) mass is 351 g/mol. The number of carbonyl (C=O) groups is 1. The highest BCUT2D eigenvalue weighted by atomic mass is 16.5. The van der Waals surface area contributed by atoms with Crippen molar-refractivity contribution in [3.63, 3.8) is 0 Å². The maximum Gasteiger partial charge on any atom is 0.339 e. The van der Waals surface area contributed by atoms with E-state index in [1.54, 1.807) is 23.1 Å². The molecule has 1 unspecified atom stereocenters. The molecule has 3 aromatic rings. The zero-order valence-electron chi connectivity index (χ0n) is 14.9. The normalized spacial score (nSPS) is 16.9. The maximum atomic E-state index is 12.8. The molecular formula is C20H21N3O3. The first-order valence-electron chi connectivity index (χ1n) is 8.84. The van der Waals surface area contributed by atoms with E-state index >= 15 is 0 Å². The summed E-state index contributed by atoms with van der Waals surface area (Å²) in [5, 5.41) is 5.15. The molecule has 0 N–H and O–H groups in total. The summed E-state index contributed by atoms with van der Waals surface area (Å²) in [7, 11) is 1.82. The molecule has 3 aromatic heterocycles. The van der Waals surface area contributed by atoms with Crippen molar-refractivity contribution in [1.82, 2.24) is 14.8 Å². The Balaban J connectivity index is 1.70. The van der Waals surface area contributed by atoms with Crippen LogP contribution in [0.5, 0.6) is 0 Å². The molecule has 0 amide bonds. The standard InChI is InChI=1S/C20H21N3O3/c1-13-18-15(20(24)26-12-14-7-4-3-5-8-14)11-16(17-9-6-10-25-17)21-19(18)23(2)22-13/h3-4,6,9-11,14H,5,7-8,12H2,1-2H3. The number of ether oxygens (including phenoxy) is 1. The summed E-state index contributed by atoms with van der Waals surface area (Å²) in [5.74, 6) is 0.661. The van der Waals surface area contributed by atoms with Gasteiger partial charge in [-0.1, -0.05) is 12.2 Å². The van der Waals surface area contributed by atoms with Crippen LogP contribution in [0, 0.1) is 12.8 Å². The van der Waals surface area contributed by atoms with E-state index in [4.69, 9.17) is 9.15 Å². The van der Waals surface area contributed by atoms with Crippen LogP contribution in [-0.2, 0) is 11.8 Å². The van der Waals surface area contributed by atoms with Crippen LogP contribution in [-0.4, -0.2) is 27.3 Å². The van der Waals surface area contributed by atoms with Crippen molar-refractivity contribution in [2.24, 2.45) is 13.0 Å². The number of hydrogen-bond donors (Lipinski definition) is 0. The van der Waals surface area contributed by atoms with Gasteiger partial charge in [0.05, 0.1) is 29.5 Å². The lowest BCUT2D eigenvalue weighted by molar-refractivity contribution is 0.0434. The number of esters is 1. The molecule has 3 heterocycles. The maximum absolute atomic E-state index is 12.8. The van der Waals surface area contributed by atoms with Gasteiger partial charge in [-0.3, -0.25) is 4.68 Å². The molecule has 0 saturated heterocycles. The minimum Gasteiger partial charge on any atom is -0.463 e. The van der Waals surface area contributed by atoms with Crippen LogP contribution in [0.4, 0.5) is 0 Å². The van der Waals surface area contributed by atoms with E-state index in [0.29, 0.717) is 35.2 Å². The number of aromatic nitrogens is 3. The summed E-state index contributed by atoms with van der Waals surface area (Å²) < 4.78 is 12.8. The van der Waals surface area contributed by atoms with Crippen molar-refractivity contribution in [3.05, 3.63) is 47.9 Å². The summed E-state index contributed by atoms with van der Waals surface area (Å²) in [4.78, 5) is 17.5. The van der Waals surface area contributed by atoms with E-state index in [-0.39, 0.29) is 5.97 Å². The Morgan fingerprint density at radius 1 is 1.42 bits per heavy atom. The largest absolute Gasteiger partial charge is 0.463 e. The van der Waals surface area contributed by atoms with E-state index in [0.717, 1.165) is 30.3 Å². The number of carbonyl (C=O) groups excluding carboxylic acids is 1. The quantitative estimate of drug-likeness (QED) is 0.524. The summed E-state index contributed by atoms with van der Waals surface area (Å²) in [6.45, 7) is 2.31. The Bertz CT molecular complexity index is 970. The van der Waals surface area contributed by atoms with Crippen LogP contribution in [0.15, 0.2) is 41.0 Å². The molecule has 0 fully saturated rings. The van der Waals surface area contributed by atoms with Gasteiger partial charge in [-0.2, -0.15) is 5.10 Å². The Morgan fingerprint density at radius 2 is 2.31 bits per heavy atom. The van der Waals surface area contributed by atoms with Gasteiger partial charge in [-0.05, 0) is 50.3 Å². The predicted molar refractivity (Wildman–Crippen MR) is 97.7 cm³/mol. The molecule has 1 atom stereocenters. The summed E-state index contributed by atoms with van der Waals surface area (Å²) >= 11 is 0. The number of rotatable bonds is 4. The van der Waals surface area contributed by atoms with Gasteiger partial charge in [-0.25, -0.2) is 9.78 Å². The van der Waals surface area contributed by atoms with Gasteiger partial charge >= 0.3 is 5.97 Å². The molecule has 4 rings (SSSR count). The van der Waals surface area contributed by atoms with Crippen LogP contribution in [0.2, 0.25) is 0 Å². The smallest absolute Gasteiger partial charge is 0.339 e. The number of hydrogen-bond acceptors (Lipinski definition) is 5. The molecule has 0 aromatic carbocycles. The van der Waals surface area contributed by atoms with Crippen molar-refractivity contribution in [3.8, 4) is 11.5 Å². The van der Waals surface area contributed by atoms with E-state index in [9.17, 15) is 4.79 Å². The molecule has 1 aliphatic rings. The van der Waals surface area contributed by atoms with E-state index in [2.05, 4.69) is 22.2 Å². The lowest BCUT2D eigenvalue weighted by Gasteiger charge is -2.17. The number of fused-ring (bicyclic) bond motifs is 1. The Labute approximate surface area is 151 Å². The van der Waals surface area contributed by atoms with Crippen molar-refractivity contribution in [1.29, 1.82) is 0 Å². The highest BCUT2D eigenvalue weighted by molar-refractivity contribution is 6.04. The second-order valence-corrected chi connectivity index (χ2v) is 6.69. The Kier molecular flexibility index (Phi) is 4.32. The number of aryl methyl sites for hydroxylation is 2. The van der Waals surface area contributed by atoms with E-state index in [1.165, 1.54) is 0 Å². The molecule has 6 nitrogen and oxygen atoms in total. The van der Waals surface area contributed by atoms with E-state index < -0.39 is 0 Å². The lowest BCUT2D eigenvalue weighted by atomic mass is 9.95. The number of furan rings is 1. The third-order valence-electron chi connectivity index (χ3n) is 4.79. The van der Waals surface area contributed by atoms with Crippen LogP contribution < -0.4 is 0 Å². The summed E-state index contributed by atoms with van der Waals surface area (Å²) in [5.41, 5.74) is 2.48. The predicted octanol–water partition coefficient (Wildman–Crippen LogP) is 4.05. The fourth-order valence-corrected chi connectivity index (χ4v) is 3.44. The molecule has 0 radical (unpaired) electrons. The van der Waals surface area contributed by atoms with Crippen LogP contribution in [0.3, 0.4) is 0 Å². The first-order chi connectivity index (χ1) is 12.6. The van der Waals surface area contributed by atoms with Gasteiger partial charge in [0.15, 0.2) is 11.4 Å². The molecule has 1 aliphatic carbocycles. The topological polar surface area (TPSA) is 70.2 Å².